The second-order valence-corrected chi connectivity index (χ2v) is 3.49. The van der Waals surface area contributed by atoms with Gasteiger partial charge in [-0.15, -0.1) is 0 Å². The van der Waals surface area contributed by atoms with Gasteiger partial charge in [-0.05, 0) is 17.9 Å². The van der Waals surface area contributed by atoms with Crippen molar-refractivity contribution in [3.8, 4) is 0 Å². The van der Waals surface area contributed by atoms with Crippen molar-refractivity contribution in [1.29, 1.82) is 0 Å². The highest BCUT2D eigenvalue weighted by molar-refractivity contribution is 5.68. The van der Waals surface area contributed by atoms with Crippen LogP contribution < -0.4 is 0 Å². The Kier molecular flexibility index (Phi) is 4.17. The van der Waals surface area contributed by atoms with Gasteiger partial charge in [0.15, 0.2) is 0 Å². The number of benzene rings is 1. The van der Waals surface area contributed by atoms with Gasteiger partial charge in [0.25, 0.3) is 0 Å². The van der Waals surface area contributed by atoms with Crippen molar-refractivity contribution >= 4 is 5.97 Å². The third-order valence-corrected chi connectivity index (χ3v) is 2.33. The van der Waals surface area contributed by atoms with E-state index in [4.69, 9.17) is 5.11 Å². The topological polar surface area (TPSA) is 37.3 Å². The van der Waals surface area contributed by atoms with Gasteiger partial charge in [0.05, 0.1) is 6.42 Å². The Labute approximate surface area is 84.6 Å². The normalized spacial score (nSPS) is 12.4. The first-order valence-electron chi connectivity index (χ1n) is 5.00. The Morgan fingerprint density at radius 3 is 2.50 bits per heavy atom. The molecule has 1 rings (SSSR count). The molecule has 0 fully saturated rings. The molecule has 1 N–H and O–H groups in total. The monoisotopic (exact) mass is 192 g/mol. The smallest absolute Gasteiger partial charge is 0.303 e. The standard InChI is InChI=1S/C12H16O2/c1-2-6-11(9-12(13)14)10-7-4-3-5-8-10/h3-5,7-8,11H,2,6,9H2,1H3,(H,13,14)/t11-/m0/s1. The Morgan fingerprint density at radius 1 is 1.36 bits per heavy atom. The van der Waals surface area contributed by atoms with Gasteiger partial charge in [0, 0.05) is 0 Å². The molecule has 0 heterocycles. The van der Waals surface area contributed by atoms with Gasteiger partial charge in [0.1, 0.15) is 0 Å². The summed E-state index contributed by atoms with van der Waals surface area (Å²) in [6, 6.07) is 9.87. The van der Waals surface area contributed by atoms with E-state index in [2.05, 4.69) is 6.92 Å². The zero-order valence-electron chi connectivity index (χ0n) is 8.44. The van der Waals surface area contributed by atoms with Gasteiger partial charge in [-0.25, -0.2) is 0 Å². The van der Waals surface area contributed by atoms with Crippen LogP contribution in [0.15, 0.2) is 30.3 Å². The van der Waals surface area contributed by atoms with Gasteiger partial charge in [-0.3, -0.25) is 4.79 Å². The van der Waals surface area contributed by atoms with Crippen LogP contribution in [0.5, 0.6) is 0 Å². The highest BCUT2D eigenvalue weighted by atomic mass is 16.4. The summed E-state index contributed by atoms with van der Waals surface area (Å²) in [7, 11) is 0. The first-order valence-corrected chi connectivity index (χ1v) is 5.00. The summed E-state index contributed by atoms with van der Waals surface area (Å²) in [5.41, 5.74) is 1.14. The molecule has 0 aliphatic rings. The van der Waals surface area contributed by atoms with Crippen molar-refractivity contribution in [2.45, 2.75) is 32.1 Å². The molecule has 0 aromatic heterocycles. The minimum absolute atomic E-state index is 0.165. The summed E-state index contributed by atoms with van der Waals surface area (Å²) in [6.45, 7) is 2.08. The van der Waals surface area contributed by atoms with E-state index in [9.17, 15) is 4.79 Å². The molecule has 0 saturated heterocycles. The van der Waals surface area contributed by atoms with Crippen molar-refractivity contribution in [2.75, 3.05) is 0 Å². The molecule has 0 bridgehead atoms. The number of hydrogen-bond donors (Lipinski definition) is 1. The zero-order chi connectivity index (χ0) is 10.4. The molecule has 1 aromatic carbocycles. The maximum Gasteiger partial charge on any atom is 0.303 e. The number of rotatable bonds is 5. The molecular weight excluding hydrogens is 176 g/mol. The molecular formula is C12H16O2. The molecule has 2 nitrogen and oxygen atoms in total. The van der Waals surface area contributed by atoms with Crippen LogP contribution in [0.3, 0.4) is 0 Å². The number of hydrogen-bond acceptors (Lipinski definition) is 1. The summed E-state index contributed by atoms with van der Waals surface area (Å²) in [4.78, 5) is 10.7. The molecule has 76 valence electrons. The Bertz CT molecular complexity index is 280. The van der Waals surface area contributed by atoms with E-state index in [1.807, 2.05) is 30.3 Å². The number of carboxylic acid groups (broad SMARTS) is 1. The summed E-state index contributed by atoms with van der Waals surface area (Å²) < 4.78 is 0. The predicted molar refractivity (Wildman–Crippen MR) is 56.3 cm³/mol. The van der Waals surface area contributed by atoms with Crippen molar-refractivity contribution in [2.24, 2.45) is 0 Å². The van der Waals surface area contributed by atoms with Gasteiger partial charge in [0.2, 0.25) is 0 Å². The van der Waals surface area contributed by atoms with Gasteiger partial charge >= 0.3 is 5.97 Å². The highest BCUT2D eigenvalue weighted by Crippen LogP contribution is 2.24. The second-order valence-electron chi connectivity index (χ2n) is 3.49. The van der Waals surface area contributed by atoms with E-state index in [-0.39, 0.29) is 12.3 Å². The molecule has 1 atom stereocenters. The van der Waals surface area contributed by atoms with Crippen molar-refractivity contribution in [1.82, 2.24) is 0 Å². The highest BCUT2D eigenvalue weighted by Gasteiger charge is 2.13. The van der Waals surface area contributed by atoms with E-state index >= 15 is 0 Å². The first kappa shape index (κ1) is 10.8. The third kappa shape index (κ3) is 3.21. The van der Waals surface area contributed by atoms with E-state index < -0.39 is 5.97 Å². The van der Waals surface area contributed by atoms with Crippen LogP contribution in [-0.2, 0) is 4.79 Å². The van der Waals surface area contributed by atoms with E-state index in [0.29, 0.717) is 0 Å². The molecule has 14 heavy (non-hydrogen) atoms. The quantitative estimate of drug-likeness (QED) is 0.778. The molecule has 0 unspecified atom stereocenters. The molecule has 1 aromatic rings. The van der Waals surface area contributed by atoms with Gasteiger partial charge < -0.3 is 5.11 Å². The minimum Gasteiger partial charge on any atom is -0.481 e. The lowest BCUT2D eigenvalue weighted by molar-refractivity contribution is -0.137. The largest absolute Gasteiger partial charge is 0.481 e. The molecule has 0 spiro atoms. The number of carbonyl (C=O) groups is 1. The average molecular weight is 192 g/mol. The van der Waals surface area contributed by atoms with Crippen LogP contribution in [0, 0.1) is 0 Å². The Balaban J connectivity index is 2.72. The van der Waals surface area contributed by atoms with Crippen LogP contribution in [0.25, 0.3) is 0 Å². The summed E-state index contributed by atoms with van der Waals surface area (Å²) >= 11 is 0. The zero-order valence-corrected chi connectivity index (χ0v) is 8.44. The fourth-order valence-corrected chi connectivity index (χ4v) is 1.67. The molecule has 0 amide bonds. The Hall–Kier alpha value is -1.31. The lowest BCUT2D eigenvalue weighted by Crippen LogP contribution is -2.05. The first-order chi connectivity index (χ1) is 6.74. The molecule has 0 radical (unpaired) electrons. The third-order valence-electron chi connectivity index (χ3n) is 2.33. The van der Waals surface area contributed by atoms with Crippen LogP contribution in [0.1, 0.15) is 37.7 Å². The molecule has 0 aliphatic heterocycles. The summed E-state index contributed by atoms with van der Waals surface area (Å²) in [5.74, 6) is -0.550. The molecule has 0 aliphatic carbocycles. The van der Waals surface area contributed by atoms with Crippen molar-refractivity contribution in [3.05, 3.63) is 35.9 Å². The fourth-order valence-electron chi connectivity index (χ4n) is 1.67. The second kappa shape index (κ2) is 5.43. The lowest BCUT2D eigenvalue weighted by Gasteiger charge is -2.13. The van der Waals surface area contributed by atoms with Crippen LogP contribution in [0.4, 0.5) is 0 Å². The Morgan fingerprint density at radius 2 is 2.00 bits per heavy atom. The van der Waals surface area contributed by atoms with E-state index in [0.717, 1.165) is 18.4 Å². The molecule has 2 heteroatoms. The van der Waals surface area contributed by atoms with Crippen LogP contribution in [-0.4, -0.2) is 11.1 Å². The van der Waals surface area contributed by atoms with Crippen molar-refractivity contribution < 1.29 is 9.90 Å². The van der Waals surface area contributed by atoms with E-state index in [1.165, 1.54) is 0 Å². The van der Waals surface area contributed by atoms with Crippen molar-refractivity contribution in [3.63, 3.8) is 0 Å². The average Bonchev–Trinajstić information content (AvgIpc) is 2.18. The minimum atomic E-state index is -0.715. The summed E-state index contributed by atoms with van der Waals surface area (Å²) in [5, 5.41) is 8.77. The SMILES string of the molecule is CCC[C@@H](CC(=O)O)c1ccccc1. The maximum atomic E-state index is 10.7. The van der Waals surface area contributed by atoms with E-state index in [1.54, 1.807) is 0 Å². The van der Waals surface area contributed by atoms with Crippen LogP contribution >= 0.6 is 0 Å². The predicted octanol–water partition coefficient (Wildman–Crippen LogP) is 3.05. The number of carboxylic acids is 1. The lowest BCUT2D eigenvalue weighted by atomic mass is 9.92. The fraction of sp³-hybridized carbons (Fsp3) is 0.417. The maximum absolute atomic E-state index is 10.7. The van der Waals surface area contributed by atoms with Crippen LogP contribution in [0.2, 0.25) is 0 Å². The van der Waals surface area contributed by atoms with Gasteiger partial charge in [-0.2, -0.15) is 0 Å². The van der Waals surface area contributed by atoms with Gasteiger partial charge in [-0.1, -0.05) is 43.7 Å². The summed E-state index contributed by atoms with van der Waals surface area (Å²) in [6.07, 6.45) is 2.20. The molecule has 0 saturated carbocycles. The number of aliphatic carboxylic acids is 1.